The molecule has 0 amide bonds. The molecule has 94 valence electrons. The molecular weight excluding hydrogens is 278 g/mol. The molecule has 0 aromatic carbocycles. The van der Waals surface area contributed by atoms with Crippen LogP contribution in [0, 0.1) is 0 Å². The maximum Gasteiger partial charge on any atom is 1.00 e. The summed E-state index contributed by atoms with van der Waals surface area (Å²) in [6, 6.07) is 0. The number of phosphoric acid groups is 1. The summed E-state index contributed by atoms with van der Waals surface area (Å²) in [6.45, 7) is 4.73. The van der Waals surface area contributed by atoms with E-state index < -0.39 is 13.8 Å². The minimum atomic E-state index is -4.68. The molecule has 0 radical (unpaired) electrons. The quantitative estimate of drug-likeness (QED) is 0.163. The number of esters is 1. The van der Waals surface area contributed by atoms with Crippen molar-refractivity contribution in [3.8, 4) is 0 Å². The Hall–Kier alpha value is 0.916. The van der Waals surface area contributed by atoms with Gasteiger partial charge in [0, 0.05) is 5.57 Å². The maximum absolute atomic E-state index is 10.8. The fourth-order valence-corrected chi connectivity index (χ4v) is 0.935. The second kappa shape index (κ2) is 10.8. The minimum absolute atomic E-state index is 0. The van der Waals surface area contributed by atoms with Gasteiger partial charge in [0.2, 0.25) is 0 Å². The van der Waals surface area contributed by atoms with Crippen LogP contribution in [-0.4, -0.2) is 37.3 Å². The maximum atomic E-state index is 10.8. The molecular formula is C8H14KO7P. The molecule has 0 bridgehead atoms. The molecule has 7 nitrogen and oxygen atoms in total. The van der Waals surface area contributed by atoms with Gasteiger partial charge in [-0.05, 0) is 6.92 Å². The number of carbonyl (C=O) groups is 1. The Labute approximate surface area is 142 Å². The summed E-state index contributed by atoms with van der Waals surface area (Å²) in [7, 11) is -4.68. The molecule has 17 heavy (non-hydrogen) atoms. The normalized spacial score (nSPS) is 13.4. The van der Waals surface area contributed by atoms with Crippen molar-refractivity contribution in [1.82, 2.24) is 0 Å². The molecule has 1 unspecified atom stereocenters. The third-order valence-electron chi connectivity index (χ3n) is 1.29. The van der Waals surface area contributed by atoms with Crippen LogP contribution in [0.15, 0.2) is 12.2 Å². The van der Waals surface area contributed by atoms with Gasteiger partial charge in [0.1, 0.15) is 6.61 Å². The van der Waals surface area contributed by atoms with Gasteiger partial charge in [0.05, 0.1) is 19.8 Å². The van der Waals surface area contributed by atoms with Gasteiger partial charge in [-0.3, -0.25) is 4.57 Å². The Morgan fingerprint density at radius 1 is 1.35 bits per heavy atom. The summed E-state index contributed by atoms with van der Waals surface area (Å²) in [5.74, 6) is -0.515. The first kappa shape index (κ1) is 20.2. The van der Waals surface area contributed by atoms with E-state index in [1.54, 1.807) is 0 Å². The Balaban J connectivity index is 0. The zero-order chi connectivity index (χ0) is 12.6. The molecule has 1 atom stereocenters. The summed E-state index contributed by atoms with van der Waals surface area (Å²) in [6.07, 6.45) is 0. The summed E-state index contributed by atoms with van der Waals surface area (Å²) in [5, 5.41) is 0. The number of ether oxygens (including phenoxy) is 2. The SMILES string of the molecule is C=C(C)C(=O)OCCOCCOP(=O)([O-])O.[K+]. The zero-order valence-electron chi connectivity index (χ0n) is 9.88. The van der Waals surface area contributed by atoms with Crippen LogP contribution in [0.25, 0.3) is 0 Å². The number of carbonyl (C=O) groups excluding carboxylic acids is 1. The predicted molar refractivity (Wildman–Crippen MR) is 52.4 cm³/mol. The van der Waals surface area contributed by atoms with Gasteiger partial charge < -0.3 is 23.8 Å². The molecule has 9 heteroatoms. The first-order chi connectivity index (χ1) is 7.33. The summed E-state index contributed by atoms with van der Waals surface area (Å²) in [5.41, 5.74) is 0.288. The molecule has 0 saturated carbocycles. The van der Waals surface area contributed by atoms with E-state index in [1.807, 2.05) is 0 Å². The molecule has 0 aliphatic carbocycles. The second-order valence-electron chi connectivity index (χ2n) is 2.83. The van der Waals surface area contributed by atoms with Crippen molar-refractivity contribution in [1.29, 1.82) is 0 Å². The van der Waals surface area contributed by atoms with Crippen molar-refractivity contribution in [3.63, 3.8) is 0 Å². The summed E-state index contributed by atoms with van der Waals surface area (Å²) < 4.78 is 23.7. The molecule has 0 spiro atoms. The fraction of sp³-hybridized carbons (Fsp3) is 0.625. The van der Waals surface area contributed by atoms with Crippen LogP contribution in [0.1, 0.15) is 6.92 Å². The van der Waals surface area contributed by atoms with Crippen molar-refractivity contribution in [2.45, 2.75) is 6.92 Å². The molecule has 0 rings (SSSR count). The van der Waals surface area contributed by atoms with E-state index >= 15 is 0 Å². The van der Waals surface area contributed by atoms with Gasteiger partial charge in [0.15, 0.2) is 0 Å². The van der Waals surface area contributed by atoms with Crippen molar-refractivity contribution < 1.29 is 84.5 Å². The minimum Gasteiger partial charge on any atom is -0.756 e. The van der Waals surface area contributed by atoms with Gasteiger partial charge in [0.25, 0.3) is 7.82 Å². The molecule has 0 aromatic rings. The van der Waals surface area contributed by atoms with Gasteiger partial charge in [-0.2, -0.15) is 0 Å². The zero-order valence-corrected chi connectivity index (χ0v) is 13.9. The van der Waals surface area contributed by atoms with E-state index in [2.05, 4.69) is 15.8 Å². The van der Waals surface area contributed by atoms with Crippen LogP contribution in [0.5, 0.6) is 0 Å². The van der Waals surface area contributed by atoms with Crippen LogP contribution >= 0.6 is 7.82 Å². The number of hydrogen-bond acceptors (Lipinski definition) is 6. The second-order valence-corrected chi connectivity index (χ2v) is 4.03. The number of rotatable bonds is 8. The monoisotopic (exact) mass is 292 g/mol. The van der Waals surface area contributed by atoms with Crippen molar-refractivity contribution >= 4 is 13.8 Å². The Kier molecular flexibility index (Phi) is 12.9. The Morgan fingerprint density at radius 3 is 2.35 bits per heavy atom. The number of phosphoric ester groups is 1. The van der Waals surface area contributed by atoms with Gasteiger partial charge in [-0.1, -0.05) is 6.58 Å². The Morgan fingerprint density at radius 2 is 1.88 bits per heavy atom. The predicted octanol–water partition coefficient (Wildman–Crippen LogP) is -3.40. The summed E-state index contributed by atoms with van der Waals surface area (Å²) >= 11 is 0. The molecule has 0 aliphatic rings. The first-order valence-corrected chi connectivity index (χ1v) is 5.91. The molecule has 0 aliphatic heterocycles. The molecule has 0 aromatic heterocycles. The molecule has 1 N–H and O–H groups in total. The largest absolute Gasteiger partial charge is 1.00 e. The molecule has 0 saturated heterocycles. The van der Waals surface area contributed by atoms with Crippen LogP contribution in [0.4, 0.5) is 0 Å². The van der Waals surface area contributed by atoms with Crippen molar-refractivity contribution in [3.05, 3.63) is 12.2 Å². The fourth-order valence-electron chi connectivity index (χ4n) is 0.630. The Bertz CT molecular complexity index is 288. The van der Waals surface area contributed by atoms with Crippen LogP contribution in [0.3, 0.4) is 0 Å². The van der Waals surface area contributed by atoms with Crippen molar-refractivity contribution in [2.24, 2.45) is 0 Å². The van der Waals surface area contributed by atoms with Gasteiger partial charge in [-0.25, -0.2) is 4.79 Å². The van der Waals surface area contributed by atoms with E-state index in [0.29, 0.717) is 0 Å². The van der Waals surface area contributed by atoms with Crippen LogP contribution < -0.4 is 56.3 Å². The van der Waals surface area contributed by atoms with E-state index in [0.717, 1.165) is 0 Å². The average molecular weight is 292 g/mol. The van der Waals surface area contributed by atoms with E-state index in [-0.39, 0.29) is 83.4 Å². The first-order valence-electron chi connectivity index (χ1n) is 4.41. The topological polar surface area (TPSA) is 105 Å². The smallest absolute Gasteiger partial charge is 0.756 e. The van der Waals surface area contributed by atoms with E-state index in [9.17, 15) is 14.3 Å². The van der Waals surface area contributed by atoms with Crippen LogP contribution in [-0.2, 0) is 23.4 Å². The van der Waals surface area contributed by atoms with Gasteiger partial charge >= 0.3 is 57.4 Å². The average Bonchev–Trinajstić information content (AvgIpc) is 2.14. The third-order valence-corrected chi connectivity index (χ3v) is 1.80. The van der Waals surface area contributed by atoms with E-state index in [4.69, 9.17) is 9.63 Å². The van der Waals surface area contributed by atoms with E-state index in [1.165, 1.54) is 6.92 Å². The standard InChI is InChI=1S/C8H15O7P.K/c1-7(2)8(9)14-5-3-13-4-6-15-16(10,11)12;/h1,3-6H2,2H3,(H2,10,11,12);/q;+1/p-1. The van der Waals surface area contributed by atoms with Gasteiger partial charge in [-0.15, -0.1) is 0 Å². The molecule has 0 heterocycles. The van der Waals surface area contributed by atoms with Crippen LogP contribution in [0.2, 0.25) is 0 Å². The van der Waals surface area contributed by atoms with Crippen molar-refractivity contribution in [2.75, 3.05) is 26.4 Å². The third kappa shape index (κ3) is 14.9. The number of hydrogen-bond donors (Lipinski definition) is 1. The summed E-state index contributed by atoms with van der Waals surface area (Å²) in [4.78, 5) is 29.2. The molecule has 0 fully saturated rings.